The van der Waals surface area contributed by atoms with Crippen molar-refractivity contribution in [3.05, 3.63) is 35.6 Å². The lowest BCUT2D eigenvalue weighted by molar-refractivity contribution is 0.406. The van der Waals surface area contributed by atoms with E-state index in [-0.39, 0.29) is 11.2 Å². The highest BCUT2D eigenvalue weighted by Gasteiger charge is 2.19. The van der Waals surface area contributed by atoms with Crippen LogP contribution in [0.2, 0.25) is 0 Å². The molecule has 0 fully saturated rings. The van der Waals surface area contributed by atoms with Gasteiger partial charge in [-0.15, -0.1) is 11.6 Å². The molecule has 2 unspecified atom stereocenters. The molecule has 2 atom stereocenters. The van der Waals surface area contributed by atoms with Gasteiger partial charge in [0.1, 0.15) is 5.82 Å². The number of hydrogen-bond donors (Lipinski definition) is 0. The minimum atomic E-state index is -0.213. The quantitative estimate of drug-likeness (QED) is 0.655. The molecular formula is C12H16ClF. The van der Waals surface area contributed by atoms with Gasteiger partial charge in [0.05, 0.1) is 5.38 Å². The first kappa shape index (κ1) is 11.5. The molecule has 0 aromatic heterocycles. The lowest BCUT2D eigenvalue weighted by Crippen LogP contribution is -2.10. The van der Waals surface area contributed by atoms with Crippen LogP contribution in [0.15, 0.2) is 24.3 Å². The normalized spacial score (nSPS) is 15.6. The number of rotatable bonds is 3. The van der Waals surface area contributed by atoms with Gasteiger partial charge in [-0.05, 0) is 29.5 Å². The van der Waals surface area contributed by atoms with Crippen LogP contribution >= 0.6 is 11.6 Å². The summed E-state index contributed by atoms with van der Waals surface area (Å²) in [6.45, 7) is 6.40. The van der Waals surface area contributed by atoms with Crippen LogP contribution in [0.5, 0.6) is 0 Å². The van der Waals surface area contributed by atoms with Crippen molar-refractivity contribution in [2.24, 2.45) is 11.8 Å². The summed E-state index contributed by atoms with van der Waals surface area (Å²) in [4.78, 5) is 0. The van der Waals surface area contributed by atoms with Crippen molar-refractivity contribution in [1.29, 1.82) is 0 Å². The van der Waals surface area contributed by atoms with Crippen LogP contribution in [0.3, 0.4) is 0 Å². The molecule has 0 aliphatic heterocycles. The Morgan fingerprint density at radius 1 is 1.07 bits per heavy atom. The summed E-state index contributed by atoms with van der Waals surface area (Å²) in [5.41, 5.74) is 0.995. The first-order chi connectivity index (χ1) is 6.52. The van der Waals surface area contributed by atoms with Gasteiger partial charge in [-0.3, -0.25) is 0 Å². The molecular weight excluding hydrogens is 199 g/mol. The molecule has 0 nitrogen and oxygen atoms in total. The van der Waals surface area contributed by atoms with Crippen LogP contribution in [-0.4, -0.2) is 0 Å². The minimum absolute atomic E-state index is 0.0319. The van der Waals surface area contributed by atoms with Gasteiger partial charge in [0.25, 0.3) is 0 Å². The monoisotopic (exact) mass is 214 g/mol. The maximum Gasteiger partial charge on any atom is 0.123 e. The molecule has 0 spiro atoms. The number of halogens is 2. The lowest BCUT2D eigenvalue weighted by Gasteiger charge is -2.21. The Labute approximate surface area is 90.1 Å². The summed E-state index contributed by atoms with van der Waals surface area (Å²) in [6.07, 6.45) is 0. The van der Waals surface area contributed by atoms with Crippen molar-refractivity contribution in [3.63, 3.8) is 0 Å². The van der Waals surface area contributed by atoms with Crippen LogP contribution in [0.4, 0.5) is 4.39 Å². The van der Waals surface area contributed by atoms with Crippen molar-refractivity contribution in [2.45, 2.75) is 26.1 Å². The Morgan fingerprint density at radius 2 is 1.57 bits per heavy atom. The Bertz CT molecular complexity index is 279. The lowest BCUT2D eigenvalue weighted by atomic mass is 9.90. The van der Waals surface area contributed by atoms with Gasteiger partial charge < -0.3 is 0 Å². The van der Waals surface area contributed by atoms with E-state index in [9.17, 15) is 4.39 Å². The maximum atomic E-state index is 12.7. The largest absolute Gasteiger partial charge is 0.207 e. The second-order valence-electron chi connectivity index (χ2n) is 4.06. The van der Waals surface area contributed by atoms with E-state index in [0.29, 0.717) is 11.8 Å². The van der Waals surface area contributed by atoms with Crippen LogP contribution in [-0.2, 0) is 0 Å². The van der Waals surface area contributed by atoms with E-state index in [4.69, 9.17) is 11.6 Å². The average Bonchev–Trinajstić information content (AvgIpc) is 2.16. The summed E-state index contributed by atoms with van der Waals surface area (Å²) < 4.78 is 12.7. The highest BCUT2D eigenvalue weighted by molar-refractivity contribution is 6.21. The maximum absolute atomic E-state index is 12.7. The van der Waals surface area contributed by atoms with E-state index in [1.54, 1.807) is 12.1 Å². The zero-order valence-electron chi connectivity index (χ0n) is 8.80. The fourth-order valence-corrected chi connectivity index (χ4v) is 1.72. The fourth-order valence-electron chi connectivity index (χ4n) is 1.29. The summed E-state index contributed by atoms with van der Waals surface area (Å²) >= 11 is 6.28. The molecule has 14 heavy (non-hydrogen) atoms. The molecule has 1 aromatic carbocycles. The van der Waals surface area contributed by atoms with Crippen molar-refractivity contribution in [3.8, 4) is 0 Å². The zero-order chi connectivity index (χ0) is 10.7. The second-order valence-corrected chi connectivity index (χ2v) is 4.53. The van der Waals surface area contributed by atoms with E-state index < -0.39 is 0 Å². The summed E-state index contributed by atoms with van der Waals surface area (Å²) in [5, 5.41) is -0.0319. The van der Waals surface area contributed by atoms with Gasteiger partial charge in [-0.25, -0.2) is 4.39 Å². The molecule has 0 bridgehead atoms. The summed E-state index contributed by atoms with van der Waals surface area (Å²) in [5.74, 6) is 0.708. The second kappa shape index (κ2) is 4.79. The predicted octanol–water partition coefficient (Wildman–Crippen LogP) is 4.40. The smallest absolute Gasteiger partial charge is 0.123 e. The van der Waals surface area contributed by atoms with E-state index in [1.165, 1.54) is 12.1 Å². The molecule has 0 radical (unpaired) electrons. The Balaban J connectivity index is 2.78. The van der Waals surface area contributed by atoms with Gasteiger partial charge in [-0.1, -0.05) is 32.9 Å². The minimum Gasteiger partial charge on any atom is -0.207 e. The summed E-state index contributed by atoms with van der Waals surface area (Å²) in [6, 6.07) is 6.42. The van der Waals surface area contributed by atoms with Crippen LogP contribution in [0.1, 0.15) is 31.7 Å². The molecule has 0 saturated heterocycles. The third kappa shape index (κ3) is 2.71. The Kier molecular flexibility index (Phi) is 3.94. The summed E-state index contributed by atoms with van der Waals surface area (Å²) in [7, 11) is 0. The molecule has 0 N–H and O–H groups in total. The van der Waals surface area contributed by atoms with Crippen molar-refractivity contribution in [1.82, 2.24) is 0 Å². The number of hydrogen-bond acceptors (Lipinski definition) is 0. The van der Waals surface area contributed by atoms with Gasteiger partial charge in [0.2, 0.25) is 0 Å². The highest BCUT2D eigenvalue weighted by atomic mass is 35.5. The van der Waals surface area contributed by atoms with E-state index in [1.807, 2.05) is 0 Å². The van der Waals surface area contributed by atoms with Crippen molar-refractivity contribution < 1.29 is 4.39 Å². The van der Waals surface area contributed by atoms with E-state index in [0.717, 1.165) is 5.56 Å². The molecule has 0 amide bonds. The van der Waals surface area contributed by atoms with Crippen molar-refractivity contribution >= 4 is 11.6 Å². The Hall–Kier alpha value is -0.560. The molecule has 78 valence electrons. The van der Waals surface area contributed by atoms with Gasteiger partial charge in [0, 0.05) is 0 Å². The molecule has 0 aliphatic carbocycles. The molecule has 0 saturated carbocycles. The van der Waals surface area contributed by atoms with Crippen LogP contribution in [0, 0.1) is 17.7 Å². The molecule has 1 rings (SSSR count). The predicted molar refractivity (Wildman–Crippen MR) is 59.0 cm³/mol. The molecule has 1 aromatic rings. The van der Waals surface area contributed by atoms with Gasteiger partial charge in [-0.2, -0.15) is 0 Å². The Morgan fingerprint density at radius 3 is 2.00 bits per heavy atom. The third-order valence-corrected chi connectivity index (χ3v) is 3.35. The SMILES string of the molecule is CC(C)C(C)C(Cl)c1ccc(F)cc1. The topological polar surface area (TPSA) is 0 Å². The zero-order valence-corrected chi connectivity index (χ0v) is 9.55. The average molecular weight is 215 g/mol. The molecule has 0 aliphatic rings. The van der Waals surface area contributed by atoms with E-state index >= 15 is 0 Å². The number of alkyl halides is 1. The van der Waals surface area contributed by atoms with Gasteiger partial charge >= 0.3 is 0 Å². The first-order valence-electron chi connectivity index (χ1n) is 4.92. The first-order valence-corrected chi connectivity index (χ1v) is 5.35. The van der Waals surface area contributed by atoms with Crippen LogP contribution in [0.25, 0.3) is 0 Å². The van der Waals surface area contributed by atoms with Gasteiger partial charge in [0.15, 0.2) is 0 Å². The van der Waals surface area contributed by atoms with E-state index in [2.05, 4.69) is 20.8 Å². The molecule has 0 heterocycles. The van der Waals surface area contributed by atoms with Crippen LogP contribution < -0.4 is 0 Å². The number of benzene rings is 1. The standard InChI is InChI=1S/C12H16ClF/c1-8(2)9(3)12(13)10-4-6-11(14)7-5-10/h4-9,12H,1-3H3. The highest BCUT2D eigenvalue weighted by Crippen LogP contribution is 2.33. The van der Waals surface area contributed by atoms with Crippen molar-refractivity contribution in [2.75, 3.05) is 0 Å². The third-order valence-electron chi connectivity index (χ3n) is 2.70. The molecule has 2 heteroatoms. The fraction of sp³-hybridized carbons (Fsp3) is 0.500.